The lowest BCUT2D eigenvalue weighted by Gasteiger charge is -2.07. The summed E-state index contributed by atoms with van der Waals surface area (Å²) < 4.78 is 0. The van der Waals surface area contributed by atoms with Gasteiger partial charge in [-0.3, -0.25) is 9.59 Å². The van der Waals surface area contributed by atoms with Crippen molar-refractivity contribution in [2.75, 3.05) is 37.6 Å². The Bertz CT molecular complexity index is 692. The summed E-state index contributed by atoms with van der Waals surface area (Å²) in [7, 11) is 0. The lowest BCUT2D eigenvalue weighted by Crippen LogP contribution is -2.24. The molecule has 6 nitrogen and oxygen atoms in total. The van der Waals surface area contributed by atoms with E-state index in [1.165, 1.54) is 0 Å². The maximum atomic E-state index is 12.0. The number of Topliss-reactive ketones (excluding diaryl/α,β-unsaturated/α-hetero) is 2. The van der Waals surface area contributed by atoms with Crippen molar-refractivity contribution in [1.82, 2.24) is 10.6 Å². The summed E-state index contributed by atoms with van der Waals surface area (Å²) in [6.45, 7) is 3.48. The Morgan fingerprint density at radius 2 is 0.931 bits per heavy atom. The molecule has 0 unspecified atom stereocenters. The van der Waals surface area contributed by atoms with Gasteiger partial charge in [-0.15, -0.1) is 0 Å². The fourth-order valence-electron chi connectivity index (χ4n) is 2.96. The standard InChI is InChI=1S/C23H32N4O2/c24-20-10-6-18(7-11-20)22(28)4-1-14-26-16-3-17-27-15-2-5-23(29)19-8-12-21(25)13-9-19/h6-13,26-27H,1-5,14-17,24-25H2. The molecule has 156 valence electrons. The average Bonchev–Trinajstić information content (AvgIpc) is 2.72. The molecule has 0 aliphatic carbocycles. The maximum absolute atomic E-state index is 12.0. The Hall–Kier alpha value is -2.70. The molecule has 6 heteroatoms. The third-order valence-corrected chi connectivity index (χ3v) is 4.69. The summed E-state index contributed by atoms with van der Waals surface area (Å²) in [5.41, 5.74) is 14.0. The Labute approximate surface area is 173 Å². The second-order valence-electron chi connectivity index (χ2n) is 7.15. The van der Waals surface area contributed by atoms with E-state index >= 15 is 0 Å². The highest BCUT2D eigenvalue weighted by Gasteiger charge is 2.05. The van der Waals surface area contributed by atoms with Gasteiger partial charge in [0.05, 0.1) is 0 Å². The van der Waals surface area contributed by atoms with E-state index in [9.17, 15) is 9.59 Å². The predicted octanol–water partition coefficient (Wildman–Crippen LogP) is 3.05. The van der Waals surface area contributed by atoms with Gasteiger partial charge in [-0.2, -0.15) is 0 Å². The van der Waals surface area contributed by atoms with Crippen LogP contribution in [0.3, 0.4) is 0 Å². The molecular formula is C23H32N4O2. The van der Waals surface area contributed by atoms with Crippen LogP contribution in [-0.2, 0) is 0 Å². The third-order valence-electron chi connectivity index (χ3n) is 4.69. The van der Waals surface area contributed by atoms with Crippen LogP contribution in [0.1, 0.15) is 52.8 Å². The zero-order chi connectivity index (χ0) is 20.9. The number of carbonyl (C=O) groups excluding carboxylic acids is 2. The van der Waals surface area contributed by atoms with Crippen LogP contribution in [-0.4, -0.2) is 37.7 Å². The fraction of sp³-hybridized carbons (Fsp3) is 0.391. The first kappa shape index (κ1) is 22.6. The number of anilines is 2. The quantitative estimate of drug-likeness (QED) is 0.222. The van der Waals surface area contributed by atoms with Gasteiger partial charge >= 0.3 is 0 Å². The number of benzene rings is 2. The summed E-state index contributed by atoms with van der Waals surface area (Å²) in [5.74, 6) is 0.309. The van der Waals surface area contributed by atoms with Crippen LogP contribution in [0.4, 0.5) is 11.4 Å². The van der Waals surface area contributed by atoms with Crippen molar-refractivity contribution >= 4 is 22.9 Å². The number of ketones is 2. The number of hydrogen-bond donors (Lipinski definition) is 4. The van der Waals surface area contributed by atoms with Crippen molar-refractivity contribution in [1.29, 1.82) is 0 Å². The molecular weight excluding hydrogens is 364 g/mol. The van der Waals surface area contributed by atoms with Crippen LogP contribution in [0.15, 0.2) is 48.5 Å². The maximum Gasteiger partial charge on any atom is 0.162 e. The summed E-state index contributed by atoms with van der Waals surface area (Å²) >= 11 is 0. The first-order chi connectivity index (χ1) is 14.1. The van der Waals surface area contributed by atoms with Crippen LogP contribution >= 0.6 is 0 Å². The van der Waals surface area contributed by atoms with E-state index in [1.807, 2.05) is 0 Å². The van der Waals surface area contributed by atoms with E-state index in [1.54, 1.807) is 48.5 Å². The molecule has 0 aromatic heterocycles. The lowest BCUT2D eigenvalue weighted by molar-refractivity contribution is 0.0972. The van der Waals surface area contributed by atoms with Crippen LogP contribution in [0.2, 0.25) is 0 Å². The molecule has 0 aliphatic rings. The molecule has 0 radical (unpaired) electrons. The molecule has 2 aromatic rings. The molecule has 0 amide bonds. The smallest absolute Gasteiger partial charge is 0.162 e. The topological polar surface area (TPSA) is 110 Å². The second-order valence-corrected chi connectivity index (χ2v) is 7.15. The molecule has 0 heterocycles. The van der Waals surface area contributed by atoms with Gasteiger partial charge in [-0.05, 0) is 94.0 Å². The van der Waals surface area contributed by atoms with E-state index in [4.69, 9.17) is 11.5 Å². The van der Waals surface area contributed by atoms with Gasteiger partial charge in [0.25, 0.3) is 0 Å². The van der Waals surface area contributed by atoms with Crippen LogP contribution in [0.25, 0.3) is 0 Å². The predicted molar refractivity (Wildman–Crippen MR) is 119 cm³/mol. The third kappa shape index (κ3) is 8.89. The molecule has 2 rings (SSSR count). The Balaban J connectivity index is 1.41. The molecule has 0 atom stereocenters. The summed E-state index contributed by atoms with van der Waals surface area (Å²) in [4.78, 5) is 24.1. The van der Waals surface area contributed by atoms with Crippen molar-refractivity contribution in [2.24, 2.45) is 0 Å². The summed E-state index contributed by atoms with van der Waals surface area (Å²) in [5, 5.41) is 6.72. The molecule has 0 saturated heterocycles. The van der Waals surface area contributed by atoms with Gasteiger partial charge in [-0.25, -0.2) is 0 Å². The molecule has 0 bridgehead atoms. The van der Waals surface area contributed by atoms with Crippen molar-refractivity contribution in [3.8, 4) is 0 Å². The minimum Gasteiger partial charge on any atom is -0.399 e. The van der Waals surface area contributed by atoms with E-state index in [2.05, 4.69) is 10.6 Å². The average molecular weight is 397 g/mol. The molecule has 6 N–H and O–H groups in total. The van der Waals surface area contributed by atoms with E-state index in [-0.39, 0.29) is 11.6 Å². The fourth-order valence-corrected chi connectivity index (χ4v) is 2.96. The minimum absolute atomic E-state index is 0.155. The number of rotatable bonds is 14. The van der Waals surface area contributed by atoms with Crippen LogP contribution in [0.5, 0.6) is 0 Å². The second kappa shape index (κ2) is 12.7. The van der Waals surface area contributed by atoms with Crippen LogP contribution < -0.4 is 22.1 Å². The molecule has 29 heavy (non-hydrogen) atoms. The van der Waals surface area contributed by atoms with E-state index in [0.29, 0.717) is 24.2 Å². The minimum atomic E-state index is 0.155. The largest absolute Gasteiger partial charge is 0.399 e. The van der Waals surface area contributed by atoms with E-state index < -0.39 is 0 Å². The number of nitrogens with one attached hydrogen (secondary N) is 2. The lowest BCUT2D eigenvalue weighted by atomic mass is 10.1. The van der Waals surface area contributed by atoms with Gasteiger partial charge in [0.15, 0.2) is 11.6 Å². The molecule has 0 fully saturated rings. The highest BCUT2D eigenvalue weighted by molar-refractivity contribution is 5.96. The van der Waals surface area contributed by atoms with Gasteiger partial charge in [0.1, 0.15) is 0 Å². The zero-order valence-electron chi connectivity index (χ0n) is 17.0. The Morgan fingerprint density at radius 3 is 1.31 bits per heavy atom. The molecule has 0 aliphatic heterocycles. The van der Waals surface area contributed by atoms with Crippen molar-refractivity contribution in [3.05, 3.63) is 59.7 Å². The molecule has 0 spiro atoms. The number of nitrogen functional groups attached to an aromatic ring is 2. The first-order valence-electron chi connectivity index (χ1n) is 10.2. The van der Waals surface area contributed by atoms with Crippen molar-refractivity contribution in [2.45, 2.75) is 32.1 Å². The van der Waals surface area contributed by atoms with Crippen molar-refractivity contribution < 1.29 is 9.59 Å². The highest BCUT2D eigenvalue weighted by atomic mass is 16.1. The summed E-state index contributed by atoms with van der Waals surface area (Å²) in [6, 6.07) is 14.1. The molecule has 0 saturated carbocycles. The van der Waals surface area contributed by atoms with Gasteiger partial charge < -0.3 is 22.1 Å². The summed E-state index contributed by atoms with van der Waals surface area (Å²) in [6.07, 6.45) is 3.74. The van der Waals surface area contributed by atoms with E-state index in [0.717, 1.165) is 56.6 Å². The van der Waals surface area contributed by atoms with Crippen molar-refractivity contribution in [3.63, 3.8) is 0 Å². The van der Waals surface area contributed by atoms with Gasteiger partial charge in [-0.1, -0.05) is 0 Å². The number of nitrogens with two attached hydrogens (primary N) is 2. The monoisotopic (exact) mass is 396 g/mol. The first-order valence-corrected chi connectivity index (χ1v) is 10.2. The normalized spacial score (nSPS) is 10.8. The number of carbonyl (C=O) groups is 2. The highest BCUT2D eigenvalue weighted by Crippen LogP contribution is 2.09. The SMILES string of the molecule is Nc1ccc(C(=O)CCCNCCCNCCCC(=O)c2ccc(N)cc2)cc1. The molecule has 2 aromatic carbocycles. The number of hydrogen-bond acceptors (Lipinski definition) is 6. The zero-order valence-corrected chi connectivity index (χ0v) is 17.0. The Morgan fingerprint density at radius 1 is 0.586 bits per heavy atom. The van der Waals surface area contributed by atoms with Crippen LogP contribution in [0, 0.1) is 0 Å². The van der Waals surface area contributed by atoms with Gasteiger partial charge in [0.2, 0.25) is 0 Å². The van der Waals surface area contributed by atoms with Gasteiger partial charge in [0, 0.05) is 35.3 Å². The Kier molecular flexibility index (Phi) is 9.89.